The second-order valence-electron chi connectivity index (χ2n) is 4.79. The standard InChI is InChI=1S/C14H16N2O3/c1-8(2)11-12(16-19-14(11)15)9-4-3-5-10-13(9)18-7-6-17-10/h3-5,8H,6-7,15H2,1-2H3. The van der Waals surface area contributed by atoms with E-state index >= 15 is 0 Å². The SMILES string of the molecule is CC(C)c1c(-c2cccc3c2OCCO3)noc1N. The van der Waals surface area contributed by atoms with E-state index in [4.69, 9.17) is 19.7 Å². The molecular formula is C14H16N2O3. The first kappa shape index (κ1) is 11.9. The predicted octanol–water partition coefficient (Wildman–Crippen LogP) is 2.82. The highest BCUT2D eigenvalue weighted by atomic mass is 16.6. The fraction of sp³-hybridized carbons (Fsp3) is 0.357. The van der Waals surface area contributed by atoms with Gasteiger partial charge in [-0.15, -0.1) is 0 Å². The molecule has 1 aromatic carbocycles. The van der Waals surface area contributed by atoms with Crippen LogP contribution in [0.2, 0.25) is 0 Å². The zero-order valence-electron chi connectivity index (χ0n) is 11.0. The van der Waals surface area contributed by atoms with Crippen molar-refractivity contribution in [2.24, 2.45) is 0 Å². The normalized spacial score (nSPS) is 13.8. The van der Waals surface area contributed by atoms with Gasteiger partial charge in [0, 0.05) is 5.56 Å². The van der Waals surface area contributed by atoms with Gasteiger partial charge in [0.2, 0.25) is 5.88 Å². The number of ether oxygens (including phenoxy) is 2. The Balaban J connectivity index is 2.18. The van der Waals surface area contributed by atoms with Crippen LogP contribution in [-0.4, -0.2) is 18.4 Å². The first-order valence-corrected chi connectivity index (χ1v) is 6.32. The van der Waals surface area contributed by atoms with Gasteiger partial charge in [0.1, 0.15) is 18.9 Å². The number of para-hydroxylation sites is 1. The minimum Gasteiger partial charge on any atom is -0.486 e. The van der Waals surface area contributed by atoms with E-state index in [1.807, 2.05) is 18.2 Å². The number of rotatable bonds is 2. The lowest BCUT2D eigenvalue weighted by Gasteiger charge is -2.20. The summed E-state index contributed by atoms with van der Waals surface area (Å²) in [4.78, 5) is 0. The summed E-state index contributed by atoms with van der Waals surface area (Å²) < 4.78 is 16.4. The van der Waals surface area contributed by atoms with Crippen LogP contribution < -0.4 is 15.2 Å². The molecular weight excluding hydrogens is 244 g/mol. The number of fused-ring (bicyclic) bond motifs is 1. The Kier molecular flexibility index (Phi) is 2.81. The summed E-state index contributed by atoms with van der Waals surface area (Å²) in [5.41, 5.74) is 8.35. The Hall–Kier alpha value is -2.17. The Morgan fingerprint density at radius 3 is 2.79 bits per heavy atom. The smallest absolute Gasteiger partial charge is 0.226 e. The molecule has 0 radical (unpaired) electrons. The molecule has 3 rings (SSSR count). The number of anilines is 1. The van der Waals surface area contributed by atoms with Crippen LogP contribution in [0.5, 0.6) is 11.5 Å². The van der Waals surface area contributed by atoms with Crippen molar-refractivity contribution < 1.29 is 14.0 Å². The lowest BCUT2D eigenvalue weighted by atomic mass is 9.98. The van der Waals surface area contributed by atoms with Crippen LogP contribution in [-0.2, 0) is 0 Å². The van der Waals surface area contributed by atoms with Gasteiger partial charge in [-0.2, -0.15) is 0 Å². The molecule has 0 unspecified atom stereocenters. The van der Waals surface area contributed by atoms with E-state index in [0.29, 0.717) is 24.8 Å². The minimum atomic E-state index is 0.224. The fourth-order valence-corrected chi connectivity index (χ4v) is 2.32. The minimum absolute atomic E-state index is 0.224. The molecule has 19 heavy (non-hydrogen) atoms. The van der Waals surface area contributed by atoms with E-state index < -0.39 is 0 Å². The molecule has 0 amide bonds. The number of nitrogens with zero attached hydrogens (tertiary/aromatic N) is 1. The van der Waals surface area contributed by atoms with Crippen molar-refractivity contribution in [3.05, 3.63) is 23.8 Å². The van der Waals surface area contributed by atoms with Crippen molar-refractivity contribution >= 4 is 5.88 Å². The molecule has 0 saturated heterocycles. The molecule has 0 bridgehead atoms. The lowest BCUT2D eigenvalue weighted by Crippen LogP contribution is -2.16. The van der Waals surface area contributed by atoms with Gasteiger partial charge in [-0.05, 0) is 18.1 Å². The molecule has 5 nitrogen and oxygen atoms in total. The van der Waals surface area contributed by atoms with Gasteiger partial charge >= 0.3 is 0 Å². The molecule has 0 aliphatic carbocycles. The van der Waals surface area contributed by atoms with Crippen LogP contribution in [0.4, 0.5) is 5.88 Å². The summed E-state index contributed by atoms with van der Waals surface area (Å²) in [5.74, 6) is 2.03. The van der Waals surface area contributed by atoms with E-state index in [1.54, 1.807) is 0 Å². The highest BCUT2D eigenvalue weighted by Gasteiger charge is 2.24. The number of hydrogen-bond donors (Lipinski definition) is 1. The third-order valence-electron chi connectivity index (χ3n) is 3.15. The third kappa shape index (κ3) is 1.91. The maximum atomic E-state index is 5.85. The van der Waals surface area contributed by atoms with Crippen molar-refractivity contribution in [1.29, 1.82) is 0 Å². The third-order valence-corrected chi connectivity index (χ3v) is 3.15. The van der Waals surface area contributed by atoms with Crippen LogP contribution >= 0.6 is 0 Å². The highest BCUT2D eigenvalue weighted by molar-refractivity contribution is 5.76. The van der Waals surface area contributed by atoms with Crippen molar-refractivity contribution in [2.75, 3.05) is 18.9 Å². The van der Waals surface area contributed by atoms with Gasteiger partial charge < -0.3 is 19.7 Å². The first-order valence-electron chi connectivity index (χ1n) is 6.32. The number of benzene rings is 1. The number of hydrogen-bond acceptors (Lipinski definition) is 5. The van der Waals surface area contributed by atoms with Crippen molar-refractivity contribution in [2.45, 2.75) is 19.8 Å². The second kappa shape index (κ2) is 4.50. The topological polar surface area (TPSA) is 70.5 Å². The Bertz CT molecular complexity index is 605. The molecule has 100 valence electrons. The van der Waals surface area contributed by atoms with Crippen LogP contribution in [0.15, 0.2) is 22.7 Å². The first-order chi connectivity index (χ1) is 9.18. The van der Waals surface area contributed by atoms with Gasteiger partial charge in [-0.25, -0.2) is 0 Å². The number of nitrogen functional groups attached to an aromatic ring is 1. The predicted molar refractivity (Wildman–Crippen MR) is 71.4 cm³/mol. The van der Waals surface area contributed by atoms with E-state index in [2.05, 4.69) is 19.0 Å². The molecule has 2 N–H and O–H groups in total. The van der Waals surface area contributed by atoms with Gasteiger partial charge in [-0.3, -0.25) is 0 Å². The summed E-state index contributed by atoms with van der Waals surface area (Å²) in [5, 5.41) is 4.08. The zero-order chi connectivity index (χ0) is 13.4. The van der Waals surface area contributed by atoms with E-state index in [1.165, 1.54) is 0 Å². The highest BCUT2D eigenvalue weighted by Crippen LogP contribution is 2.43. The molecule has 0 atom stereocenters. The van der Waals surface area contributed by atoms with Gasteiger partial charge in [-0.1, -0.05) is 25.1 Å². The quantitative estimate of drug-likeness (QED) is 0.899. The largest absolute Gasteiger partial charge is 0.486 e. The molecule has 2 aromatic rings. The van der Waals surface area contributed by atoms with E-state index in [-0.39, 0.29) is 5.92 Å². The Morgan fingerprint density at radius 1 is 1.21 bits per heavy atom. The summed E-state index contributed by atoms with van der Waals surface area (Å²) in [6, 6.07) is 5.74. The molecule has 5 heteroatoms. The monoisotopic (exact) mass is 260 g/mol. The maximum Gasteiger partial charge on any atom is 0.226 e. The molecule has 0 saturated carbocycles. The molecule has 0 fully saturated rings. The van der Waals surface area contributed by atoms with Crippen LogP contribution in [0.1, 0.15) is 25.3 Å². The number of nitrogens with two attached hydrogens (primary N) is 1. The molecule has 1 aliphatic rings. The number of aromatic nitrogens is 1. The lowest BCUT2D eigenvalue weighted by molar-refractivity contribution is 0.172. The molecule has 2 heterocycles. The van der Waals surface area contributed by atoms with Crippen molar-refractivity contribution in [3.8, 4) is 22.8 Å². The summed E-state index contributed by atoms with van der Waals surface area (Å²) in [7, 11) is 0. The van der Waals surface area contributed by atoms with Crippen LogP contribution in [0, 0.1) is 0 Å². The van der Waals surface area contributed by atoms with Gasteiger partial charge in [0.05, 0.1) is 5.56 Å². The molecule has 1 aliphatic heterocycles. The average molecular weight is 260 g/mol. The van der Waals surface area contributed by atoms with Gasteiger partial charge in [0.25, 0.3) is 0 Å². The van der Waals surface area contributed by atoms with Crippen LogP contribution in [0.3, 0.4) is 0 Å². The van der Waals surface area contributed by atoms with Crippen LogP contribution in [0.25, 0.3) is 11.3 Å². The summed E-state index contributed by atoms with van der Waals surface area (Å²) in [6.45, 7) is 5.21. The zero-order valence-corrected chi connectivity index (χ0v) is 11.0. The summed E-state index contributed by atoms with van der Waals surface area (Å²) >= 11 is 0. The Labute approximate surface area is 111 Å². The van der Waals surface area contributed by atoms with Crippen molar-refractivity contribution in [3.63, 3.8) is 0 Å². The van der Waals surface area contributed by atoms with E-state index in [0.717, 1.165) is 22.6 Å². The molecule has 0 spiro atoms. The van der Waals surface area contributed by atoms with E-state index in [9.17, 15) is 0 Å². The maximum absolute atomic E-state index is 5.85. The van der Waals surface area contributed by atoms with Gasteiger partial charge in [0.15, 0.2) is 11.5 Å². The van der Waals surface area contributed by atoms with Crippen molar-refractivity contribution in [1.82, 2.24) is 5.16 Å². The summed E-state index contributed by atoms with van der Waals surface area (Å²) in [6.07, 6.45) is 0. The molecule has 1 aromatic heterocycles. The fourth-order valence-electron chi connectivity index (χ4n) is 2.32. The average Bonchev–Trinajstić information content (AvgIpc) is 2.80. The Morgan fingerprint density at radius 2 is 2.00 bits per heavy atom. The second-order valence-corrected chi connectivity index (χ2v) is 4.79.